The van der Waals surface area contributed by atoms with Gasteiger partial charge in [-0.05, 0) is 73.0 Å². The monoisotopic (exact) mass is 385 g/mol. The predicted octanol–water partition coefficient (Wildman–Crippen LogP) is 4.11. The lowest BCUT2D eigenvalue weighted by Gasteiger charge is -2.65. The highest BCUT2D eigenvalue weighted by atomic mass is 16.5. The van der Waals surface area contributed by atoms with Crippen LogP contribution in [0, 0.1) is 22.2 Å². The third-order valence-electron chi connectivity index (χ3n) is 7.13. The van der Waals surface area contributed by atoms with Crippen molar-refractivity contribution in [1.82, 2.24) is 4.90 Å². The van der Waals surface area contributed by atoms with E-state index in [1.807, 2.05) is 24.1 Å². The van der Waals surface area contributed by atoms with Crippen LogP contribution in [-0.2, 0) is 16.1 Å². The van der Waals surface area contributed by atoms with E-state index in [1.165, 1.54) is 19.3 Å². The van der Waals surface area contributed by atoms with E-state index in [0.717, 1.165) is 24.8 Å². The van der Waals surface area contributed by atoms with Gasteiger partial charge in [-0.1, -0.05) is 26.0 Å². The Morgan fingerprint density at radius 3 is 2.21 bits per heavy atom. The largest absolute Gasteiger partial charge is 0.482 e. The van der Waals surface area contributed by atoms with Crippen LogP contribution in [0.3, 0.4) is 0 Å². The summed E-state index contributed by atoms with van der Waals surface area (Å²) >= 11 is 0. The topological polar surface area (TPSA) is 66.8 Å². The van der Waals surface area contributed by atoms with E-state index >= 15 is 0 Å². The molecule has 4 aliphatic carbocycles. The maximum Gasteiger partial charge on any atom is 0.341 e. The van der Waals surface area contributed by atoms with Crippen molar-refractivity contribution in [1.29, 1.82) is 0 Å². The molecule has 0 saturated heterocycles. The number of aliphatic carboxylic acids is 1. The molecule has 4 saturated carbocycles. The van der Waals surface area contributed by atoms with Crippen molar-refractivity contribution < 1.29 is 19.4 Å². The van der Waals surface area contributed by atoms with Crippen molar-refractivity contribution in [2.75, 3.05) is 13.7 Å². The smallest absolute Gasteiger partial charge is 0.341 e. The molecule has 5 heteroatoms. The molecule has 152 valence electrons. The van der Waals surface area contributed by atoms with Gasteiger partial charge in [0.1, 0.15) is 5.75 Å². The number of carboxylic acid groups (broad SMARTS) is 1. The van der Waals surface area contributed by atoms with Crippen LogP contribution >= 0.6 is 0 Å². The van der Waals surface area contributed by atoms with Crippen molar-refractivity contribution in [2.24, 2.45) is 22.2 Å². The third-order valence-corrected chi connectivity index (χ3v) is 7.13. The SMILES string of the molecule is CN(Cc1ccc(OCC(=O)O)cc1)C(=O)C12CC3CC(C)(CC(C)(C3)C1)C2. The van der Waals surface area contributed by atoms with Crippen molar-refractivity contribution >= 4 is 11.9 Å². The summed E-state index contributed by atoms with van der Waals surface area (Å²) in [6.45, 7) is 5.01. The molecule has 2 unspecified atom stereocenters. The molecule has 4 aliphatic rings. The van der Waals surface area contributed by atoms with Crippen LogP contribution in [-0.4, -0.2) is 35.5 Å². The summed E-state index contributed by atoms with van der Waals surface area (Å²) in [5.41, 5.74) is 1.50. The second-order valence-corrected chi connectivity index (χ2v) is 10.4. The fourth-order valence-corrected chi connectivity index (χ4v) is 7.27. The van der Waals surface area contributed by atoms with Crippen LogP contribution in [0.15, 0.2) is 24.3 Å². The van der Waals surface area contributed by atoms with Crippen molar-refractivity contribution in [3.05, 3.63) is 29.8 Å². The molecule has 0 aromatic heterocycles. The highest BCUT2D eigenvalue weighted by molar-refractivity contribution is 5.83. The lowest BCUT2D eigenvalue weighted by atomic mass is 9.40. The minimum absolute atomic E-state index is 0.178. The maximum absolute atomic E-state index is 13.6. The van der Waals surface area contributed by atoms with Gasteiger partial charge in [-0.3, -0.25) is 4.79 Å². The van der Waals surface area contributed by atoms with Crippen molar-refractivity contribution in [3.8, 4) is 5.75 Å². The Morgan fingerprint density at radius 2 is 1.68 bits per heavy atom. The van der Waals surface area contributed by atoms with E-state index in [-0.39, 0.29) is 12.0 Å². The zero-order chi connectivity index (χ0) is 20.2. The quantitative estimate of drug-likeness (QED) is 0.800. The van der Waals surface area contributed by atoms with Gasteiger partial charge in [0.05, 0.1) is 5.41 Å². The normalized spacial score (nSPS) is 35.6. The number of carboxylic acids is 1. The molecule has 4 bridgehead atoms. The van der Waals surface area contributed by atoms with Gasteiger partial charge in [0.2, 0.25) is 5.91 Å². The fraction of sp³-hybridized carbons (Fsp3) is 0.652. The molecule has 1 amide bonds. The summed E-state index contributed by atoms with van der Waals surface area (Å²) in [5, 5.41) is 8.69. The molecule has 0 radical (unpaired) electrons. The summed E-state index contributed by atoms with van der Waals surface area (Å²) in [6.07, 6.45) is 6.99. The zero-order valence-corrected chi connectivity index (χ0v) is 17.2. The molecule has 0 spiro atoms. The first-order valence-electron chi connectivity index (χ1n) is 10.3. The molecule has 1 aromatic carbocycles. The number of ether oxygens (including phenoxy) is 1. The van der Waals surface area contributed by atoms with Crippen molar-refractivity contribution in [2.45, 2.75) is 58.9 Å². The molecular weight excluding hydrogens is 354 g/mol. The van der Waals surface area contributed by atoms with Gasteiger partial charge in [0.25, 0.3) is 0 Å². The molecule has 2 atom stereocenters. The van der Waals surface area contributed by atoms with E-state index in [9.17, 15) is 9.59 Å². The van der Waals surface area contributed by atoms with Crippen LogP contribution in [0.1, 0.15) is 57.9 Å². The summed E-state index contributed by atoms with van der Waals surface area (Å²) in [4.78, 5) is 26.1. The second kappa shape index (κ2) is 6.50. The van der Waals surface area contributed by atoms with Gasteiger partial charge in [-0.2, -0.15) is 0 Å². The van der Waals surface area contributed by atoms with Crippen LogP contribution in [0.4, 0.5) is 0 Å². The molecule has 5 nitrogen and oxygen atoms in total. The number of carbonyl (C=O) groups excluding carboxylic acids is 1. The first-order chi connectivity index (χ1) is 13.1. The summed E-state index contributed by atoms with van der Waals surface area (Å²) in [6, 6.07) is 7.35. The van der Waals surface area contributed by atoms with Crippen LogP contribution in [0.25, 0.3) is 0 Å². The Hall–Kier alpha value is -2.04. The maximum atomic E-state index is 13.6. The molecule has 1 N–H and O–H groups in total. The summed E-state index contributed by atoms with van der Waals surface area (Å²) < 4.78 is 5.18. The molecular formula is C23H31NO4. The van der Waals surface area contributed by atoms with Crippen LogP contribution in [0.5, 0.6) is 5.75 Å². The lowest BCUT2D eigenvalue weighted by Crippen LogP contribution is -2.59. The molecule has 0 heterocycles. The summed E-state index contributed by atoms with van der Waals surface area (Å²) in [7, 11) is 1.92. The molecule has 28 heavy (non-hydrogen) atoms. The Balaban J connectivity index is 1.44. The van der Waals surface area contributed by atoms with Crippen LogP contribution in [0.2, 0.25) is 0 Å². The molecule has 4 fully saturated rings. The Bertz CT molecular complexity index is 768. The number of carbonyl (C=O) groups is 2. The first kappa shape index (κ1) is 19.3. The van der Waals surface area contributed by atoms with Gasteiger partial charge in [-0.15, -0.1) is 0 Å². The van der Waals surface area contributed by atoms with E-state index < -0.39 is 5.97 Å². The molecule has 5 rings (SSSR count). The molecule has 1 aromatic rings. The highest BCUT2D eigenvalue weighted by Gasteiger charge is 2.63. The first-order valence-corrected chi connectivity index (χ1v) is 10.3. The third kappa shape index (κ3) is 3.51. The minimum atomic E-state index is -0.993. The highest BCUT2D eigenvalue weighted by Crippen LogP contribution is 2.69. The number of hydrogen-bond donors (Lipinski definition) is 1. The van der Waals surface area contributed by atoms with E-state index in [2.05, 4.69) is 13.8 Å². The van der Waals surface area contributed by atoms with Gasteiger partial charge < -0.3 is 14.7 Å². The Kier molecular flexibility index (Phi) is 4.48. The number of benzene rings is 1. The zero-order valence-electron chi connectivity index (χ0n) is 17.2. The summed E-state index contributed by atoms with van der Waals surface area (Å²) in [5.74, 6) is 0.545. The van der Waals surface area contributed by atoms with E-state index in [4.69, 9.17) is 9.84 Å². The van der Waals surface area contributed by atoms with Crippen LogP contribution < -0.4 is 4.74 Å². The van der Waals surface area contributed by atoms with Gasteiger partial charge in [0.15, 0.2) is 6.61 Å². The lowest BCUT2D eigenvalue weighted by molar-refractivity contribution is -0.178. The second-order valence-electron chi connectivity index (χ2n) is 10.4. The predicted molar refractivity (Wildman–Crippen MR) is 106 cm³/mol. The average Bonchev–Trinajstić information content (AvgIpc) is 2.57. The number of rotatable bonds is 6. The fourth-order valence-electron chi connectivity index (χ4n) is 7.27. The van der Waals surface area contributed by atoms with E-state index in [0.29, 0.717) is 34.9 Å². The van der Waals surface area contributed by atoms with Crippen molar-refractivity contribution in [3.63, 3.8) is 0 Å². The number of nitrogens with zero attached hydrogens (tertiary/aromatic N) is 1. The standard InChI is InChI=1S/C23H31NO4/c1-21-8-17-9-22(2,13-21)15-23(10-17,14-21)20(27)24(3)11-16-4-6-18(7-5-16)28-12-19(25)26/h4-7,17H,8-15H2,1-3H3,(H,25,26). The number of hydrogen-bond acceptors (Lipinski definition) is 3. The Labute approximate surface area is 167 Å². The average molecular weight is 386 g/mol. The molecule has 0 aliphatic heterocycles. The Morgan fingerprint density at radius 1 is 1.07 bits per heavy atom. The van der Waals surface area contributed by atoms with E-state index in [1.54, 1.807) is 12.1 Å². The van der Waals surface area contributed by atoms with Gasteiger partial charge in [0, 0.05) is 13.6 Å². The van der Waals surface area contributed by atoms with Gasteiger partial charge >= 0.3 is 5.97 Å². The van der Waals surface area contributed by atoms with Gasteiger partial charge in [-0.25, -0.2) is 4.79 Å². The minimum Gasteiger partial charge on any atom is -0.482 e. The number of amides is 1.